The molecule has 2 rings (SSSR count). The molecule has 1 aliphatic rings. The smallest absolute Gasteiger partial charge is 0.130 e. The second-order valence-electron chi connectivity index (χ2n) is 5.82. The van der Waals surface area contributed by atoms with Crippen molar-refractivity contribution in [2.24, 2.45) is 0 Å². The second kappa shape index (κ2) is 12.2. The largest absolute Gasteiger partial charge is 0.498 e. The third-order valence-corrected chi connectivity index (χ3v) is 3.49. The van der Waals surface area contributed by atoms with Crippen molar-refractivity contribution in [2.75, 3.05) is 6.61 Å². The summed E-state index contributed by atoms with van der Waals surface area (Å²) in [5.41, 5.74) is 1.01. The Labute approximate surface area is 148 Å². The maximum absolute atomic E-state index is 12.7. The Morgan fingerprint density at radius 2 is 1.88 bits per heavy atom. The van der Waals surface area contributed by atoms with Gasteiger partial charge in [-0.3, -0.25) is 0 Å². The fraction of sp³-hybridized carbons (Fsp3) is 0.381. The molecule has 1 aromatic rings. The standard InChI is InChI=1S/C11H15FO.C10H11FO/c1-2-3-9-13-11-6-4-5-10(12)7-8-11;1-8(12)2-3-9-4-6-10(11)7-5-9/h4-5,7-8H,2-3,6,9H2,1H3;4-7H,2-3H2,1H3. The van der Waals surface area contributed by atoms with Gasteiger partial charge in [-0.1, -0.05) is 31.6 Å². The van der Waals surface area contributed by atoms with Gasteiger partial charge in [0.1, 0.15) is 17.4 Å². The minimum absolute atomic E-state index is 0.166. The van der Waals surface area contributed by atoms with Crippen LogP contribution in [0.3, 0.4) is 0 Å². The number of Topliss-reactive ketones (excluding diaryl/α,β-unsaturated/α-hetero) is 1. The van der Waals surface area contributed by atoms with Gasteiger partial charge in [0.25, 0.3) is 0 Å². The van der Waals surface area contributed by atoms with E-state index < -0.39 is 0 Å². The van der Waals surface area contributed by atoms with Crippen LogP contribution >= 0.6 is 0 Å². The highest BCUT2D eigenvalue weighted by Crippen LogP contribution is 2.13. The monoisotopic (exact) mass is 348 g/mol. The Kier molecular flexibility index (Phi) is 10.1. The Morgan fingerprint density at radius 3 is 2.52 bits per heavy atom. The minimum atomic E-state index is -0.235. The van der Waals surface area contributed by atoms with Crippen LogP contribution in [0.25, 0.3) is 0 Å². The van der Waals surface area contributed by atoms with E-state index >= 15 is 0 Å². The van der Waals surface area contributed by atoms with E-state index in [0.717, 1.165) is 30.8 Å². The first-order chi connectivity index (χ1) is 12.0. The zero-order valence-electron chi connectivity index (χ0n) is 14.9. The number of allylic oxidation sites excluding steroid dienone is 5. The summed E-state index contributed by atoms with van der Waals surface area (Å²) in [4.78, 5) is 10.6. The van der Waals surface area contributed by atoms with Gasteiger partial charge in [-0.15, -0.1) is 0 Å². The third kappa shape index (κ3) is 10.3. The number of unbranched alkanes of at least 4 members (excludes halogenated alkanes) is 1. The third-order valence-electron chi connectivity index (χ3n) is 3.49. The predicted molar refractivity (Wildman–Crippen MR) is 97.3 cm³/mol. The highest BCUT2D eigenvalue weighted by molar-refractivity contribution is 5.75. The maximum Gasteiger partial charge on any atom is 0.130 e. The molecule has 0 saturated heterocycles. The topological polar surface area (TPSA) is 26.3 Å². The van der Waals surface area contributed by atoms with Gasteiger partial charge in [0.05, 0.1) is 12.4 Å². The SMILES string of the molecule is CC(=O)CCc1ccc(F)cc1.CCCCOC1=CC=C(F)C=CC1. The predicted octanol–water partition coefficient (Wildman–Crippen LogP) is 5.85. The van der Waals surface area contributed by atoms with Gasteiger partial charge in [-0.05, 0) is 55.7 Å². The molecule has 25 heavy (non-hydrogen) atoms. The lowest BCUT2D eigenvalue weighted by atomic mass is 10.1. The zero-order chi connectivity index (χ0) is 18.5. The lowest BCUT2D eigenvalue weighted by molar-refractivity contribution is -0.116. The number of benzene rings is 1. The first-order valence-electron chi connectivity index (χ1n) is 8.60. The molecule has 0 heterocycles. The molecule has 0 bridgehead atoms. The van der Waals surface area contributed by atoms with E-state index in [2.05, 4.69) is 6.92 Å². The maximum atomic E-state index is 12.7. The molecular formula is C21H26F2O2. The van der Waals surface area contributed by atoms with Crippen molar-refractivity contribution in [1.29, 1.82) is 0 Å². The number of carbonyl (C=O) groups is 1. The molecule has 2 nitrogen and oxygen atoms in total. The molecule has 0 saturated carbocycles. The number of hydrogen-bond acceptors (Lipinski definition) is 2. The van der Waals surface area contributed by atoms with Crippen LogP contribution in [0.15, 0.2) is 60.2 Å². The summed E-state index contributed by atoms with van der Waals surface area (Å²) < 4.78 is 30.5. The molecule has 0 radical (unpaired) electrons. The Balaban J connectivity index is 0.000000251. The van der Waals surface area contributed by atoms with Crippen molar-refractivity contribution < 1.29 is 18.3 Å². The number of aryl methyl sites for hydroxylation is 1. The highest BCUT2D eigenvalue weighted by Gasteiger charge is 1.99. The molecule has 0 fully saturated rings. The summed E-state index contributed by atoms with van der Waals surface area (Å²) >= 11 is 0. The first kappa shape index (κ1) is 20.8. The van der Waals surface area contributed by atoms with Crippen LogP contribution in [0.4, 0.5) is 8.78 Å². The number of carbonyl (C=O) groups excluding carboxylic acids is 1. The van der Waals surface area contributed by atoms with E-state index in [1.165, 1.54) is 24.3 Å². The van der Waals surface area contributed by atoms with E-state index in [1.54, 1.807) is 31.2 Å². The van der Waals surface area contributed by atoms with Crippen molar-refractivity contribution in [3.05, 3.63) is 71.5 Å². The van der Waals surface area contributed by atoms with Gasteiger partial charge < -0.3 is 9.53 Å². The molecule has 0 spiro atoms. The Morgan fingerprint density at radius 1 is 1.16 bits per heavy atom. The summed E-state index contributed by atoms with van der Waals surface area (Å²) in [6.07, 6.45) is 10.5. The number of hydrogen-bond donors (Lipinski definition) is 0. The van der Waals surface area contributed by atoms with Gasteiger partial charge in [0, 0.05) is 12.8 Å². The molecule has 1 aliphatic carbocycles. The molecule has 0 aromatic heterocycles. The number of rotatable bonds is 7. The van der Waals surface area contributed by atoms with Gasteiger partial charge in [-0.2, -0.15) is 0 Å². The van der Waals surface area contributed by atoms with Gasteiger partial charge in [-0.25, -0.2) is 8.78 Å². The second-order valence-corrected chi connectivity index (χ2v) is 5.82. The Hall–Kier alpha value is -2.23. The summed E-state index contributed by atoms with van der Waals surface area (Å²) in [6, 6.07) is 6.24. The fourth-order valence-electron chi connectivity index (χ4n) is 2.01. The number of halogens is 2. The van der Waals surface area contributed by atoms with Crippen LogP contribution in [-0.4, -0.2) is 12.4 Å². The van der Waals surface area contributed by atoms with Crippen LogP contribution in [-0.2, 0) is 16.0 Å². The van der Waals surface area contributed by atoms with Crippen LogP contribution < -0.4 is 0 Å². The molecule has 0 N–H and O–H groups in total. The van der Waals surface area contributed by atoms with E-state index in [0.29, 0.717) is 19.3 Å². The lowest BCUT2D eigenvalue weighted by Crippen LogP contribution is -1.93. The van der Waals surface area contributed by atoms with E-state index in [-0.39, 0.29) is 17.4 Å². The zero-order valence-corrected chi connectivity index (χ0v) is 14.9. The van der Waals surface area contributed by atoms with Gasteiger partial charge in [0.2, 0.25) is 0 Å². The normalized spacial score (nSPS) is 13.1. The number of ether oxygens (including phenoxy) is 1. The van der Waals surface area contributed by atoms with E-state index in [9.17, 15) is 13.6 Å². The van der Waals surface area contributed by atoms with Crippen LogP contribution in [0.2, 0.25) is 0 Å². The summed E-state index contributed by atoms with van der Waals surface area (Å²) in [5, 5.41) is 0. The summed E-state index contributed by atoms with van der Waals surface area (Å²) in [6.45, 7) is 4.40. The van der Waals surface area contributed by atoms with Crippen molar-refractivity contribution in [3.8, 4) is 0 Å². The van der Waals surface area contributed by atoms with Crippen molar-refractivity contribution in [2.45, 2.75) is 46.0 Å². The van der Waals surface area contributed by atoms with Crippen LogP contribution in [0, 0.1) is 5.82 Å². The molecule has 4 heteroatoms. The summed E-state index contributed by atoms with van der Waals surface area (Å²) in [5.74, 6) is 0.562. The van der Waals surface area contributed by atoms with Crippen molar-refractivity contribution in [3.63, 3.8) is 0 Å². The quantitative estimate of drug-likeness (QED) is 0.578. The molecule has 0 atom stereocenters. The van der Waals surface area contributed by atoms with E-state index in [1.807, 2.05) is 0 Å². The minimum Gasteiger partial charge on any atom is -0.498 e. The highest BCUT2D eigenvalue weighted by atomic mass is 19.1. The molecular weight excluding hydrogens is 322 g/mol. The van der Waals surface area contributed by atoms with Crippen LogP contribution in [0.5, 0.6) is 0 Å². The molecule has 1 aromatic carbocycles. The Bertz CT molecular complexity index is 613. The lowest BCUT2D eigenvalue weighted by Gasteiger charge is -2.06. The molecule has 0 amide bonds. The van der Waals surface area contributed by atoms with Gasteiger partial charge >= 0.3 is 0 Å². The van der Waals surface area contributed by atoms with Gasteiger partial charge in [0.15, 0.2) is 0 Å². The van der Waals surface area contributed by atoms with E-state index in [4.69, 9.17) is 4.74 Å². The molecule has 136 valence electrons. The fourth-order valence-corrected chi connectivity index (χ4v) is 2.01. The van der Waals surface area contributed by atoms with Crippen molar-refractivity contribution in [1.82, 2.24) is 0 Å². The summed E-state index contributed by atoms with van der Waals surface area (Å²) in [7, 11) is 0. The average molecular weight is 348 g/mol. The average Bonchev–Trinajstić information content (AvgIpc) is 2.80. The molecule has 0 aliphatic heterocycles. The van der Waals surface area contributed by atoms with Crippen LogP contribution in [0.1, 0.15) is 45.1 Å². The number of ketones is 1. The molecule has 0 unspecified atom stereocenters. The van der Waals surface area contributed by atoms with Crippen molar-refractivity contribution >= 4 is 5.78 Å². The first-order valence-corrected chi connectivity index (χ1v) is 8.60.